The van der Waals surface area contributed by atoms with E-state index in [2.05, 4.69) is 126 Å². The first-order chi connectivity index (χ1) is 16.3. The van der Waals surface area contributed by atoms with Crippen LogP contribution in [0.25, 0.3) is 6.08 Å². The Morgan fingerprint density at radius 2 is 0.974 bits per heavy atom. The van der Waals surface area contributed by atoms with Crippen LogP contribution in [0.2, 0.25) is 0 Å². The van der Waals surface area contributed by atoms with Crippen LogP contribution in [0.15, 0.2) is 51.8 Å². The van der Waals surface area contributed by atoms with E-state index in [1.165, 1.54) is 30.7 Å². The molecule has 218 valence electrons. The zero-order chi connectivity index (χ0) is 30.2. The molecule has 0 amide bonds. The van der Waals surface area contributed by atoms with Crippen LogP contribution in [0, 0.1) is 10.8 Å². The van der Waals surface area contributed by atoms with Gasteiger partial charge in [0, 0.05) is 23.0 Å². The van der Waals surface area contributed by atoms with E-state index >= 15 is 0 Å². The summed E-state index contributed by atoms with van der Waals surface area (Å²) < 4.78 is 59.2. The van der Waals surface area contributed by atoms with Crippen molar-refractivity contribution in [2.24, 2.45) is 10.8 Å². The van der Waals surface area contributed by atoms with Gasteiger partial charge in [-0.1, -0.05) is 113 Å². The molecule has 2 heterocycles. The fourth-order valence-electron chi connectivity index (χ4n) is 2.98. The third-order valence-corrected chi connectivity index (χ3v) is 8.97. The summed E-state index contributed by atoms with van der Waals surface area (Å²) in [6.07, 6.45) is 11.5. The van der Waals surface area contributed by atoms with Crippen molar-refractivity contribution in [3.63, 3.8) is 0 Å². The van der Waals surface area contributed by atoms with Gasteiger partial charge in [-0.2, -0.15) is 0 Å². The Hall–Kier alpha value is -1.11. The Balaban J connectivity index is 0.000000905. The summed E-state index contributed by atoms with van der Waals surface area (Å²) in [6.45, 7) is 27.6. The molecule has 0 saturated carbocycles. The Labute approximate surface area is 233 Å². The van der Waals surface area contributed by atoms with E-state index in [1.54, 1.807) is 0 Å². The van der Waals surface area contributed by atoms with Gasteiger partial charge in [0.25, 0.3) is 0 Å². The Morgan fingerprint density at radius 1 is 0.632 bits per heavy atom. The van der Waals surface area contributed by atoms with Crippen molar-refractivity contribution in [3.8, 4) is 0 Å². The van der Waals surface area contributed by atoms with E-state index in [0.29, 0.717) is 0 Å². The molecule has 0 spiro atoms. The van der Waals surface area contributed by atoms with E-state index in [1.807, 2.05) is 23.1 Å². The Kier molecular flexibility index (Phi) is 9.53. The van der Waals surface area contributed by atoms with Gasteiger partial charge in [-0.3, -0.25) is 0 Å². The van der Waals surface area contributed by atoms with Gasteiger partial charge in [-0.25, -0.2) is 0 Å². The van der Waals surface area contributed by atoms with Crippen molar-refractivity contribution in [3.05, 3.63) is 67.1 Å². The molecule has 1 aromatic rings. The van der Waals surface area contributed by atoms with Gasteiger partial charge in [0.1, 0.15) is 0 Å². The van der Waals surface area contributed by atoms with Crippen molar-refractivity contribution in [1.82, 2.24) is 0 Å². The quantitative estimate of drug-likeness (QED) is 0.185. The standard InChI is InChI=1S/C29H43S2.F6P/c1-26(2,3)22-16-20(17-23(30-22)27(4,5)6)14-13-15-21-18-24(28(7,8)9)31-25(19-21)29(10,11)12;1-7(2,3,4,5)6/h13-19H,1-12H3;/q+1;-1. The maximum atomic E-state index is 9.87. The summed E-state index contributed by atoms with van der Waals surface area (Å²) in [6, 6.07) is 4.72. The SMILES string of the molecule is CC(C)(C)C1=CC(=CC=Cc2cc(C(C)(C)C)[s+]c(C(C)(C)C)c2)C=C(C(C)(C)C)S1.F[P-](F)(F)(F)(F)F. The van der Waals surface area contributed by atoms with Crippen molar-refractivity contribution in [1.29, 1.82) is 0 Å². The van der Waals surface area contributed by atoms with Crippen LogP contribution in [0.5, 0.6) is 0 Å². The molecule has 38 heavy (non-hydrogen) atoms. The van der Waals surface area contributed by atoms with Crippen LogP contribution in [0.1, 0.15) is 98.4 Å². The van der Waals surface area contributed by atoms with Gasteiger partial charge < -0.3 is 0 Å². The molecule has 0 bridgehead atoms. The summed E-state index contributed by atoms with van der Waals surface area (Å²) in [5.74, 6) is 0. The minimum atomic E-state index is -10.7. The van der Waals surface area contributed by atoms with Gasteiger partial charge in [0.15, 0.2) is 0 Å². The van der Waals surface area contributed by atoms with Crippen LogP contribution >= 0.6 is 30.9 Å². The molecule has 0 aromatic carbocycles. The molecule has 0 nitrogen and oxygen atoms in total. The van der Waals surface area contributed by atoms with Crippen LogP contribution in [-0.2, 0) is 10.8 Å². The summed E-state index contributed by atoms with van der Waals surface area (Å²) in [5, 5.41) is 0. The van der Waals surface area contributed by atoms with Crippen LogP contribution in [-0.4, -0.2) is 0 Å². The van der Waals surface area contributed by atoms with Gasteiger partial charge in [-0.15, -0.1) is 0 Å². The summed E-state index contributed by atoms with van der Waals surface area (Å²) in [5.41, 5.74) is 3.20. The van der Waals surface area contributed by atoms with Crippen molar-refractivity contribution >= 4 is 37.0 Å². The number of allylic oxidation sites excluding steroid dienone is 7. The second-order valence-electron chi connectivity index (χ2n) is 13.7. The molecule has 0 unspecified atom stereocenters. The average Bonchev–Trinajstić information content (AvgIpc) is 2.62. The summed E-state index contributed by atoms with van der Waals surface area (Å²) in [4.78, 5) is 5.74. The molecule has 0 fully saturated rings. The van der Waals surface area contributed by atoms with Crippen LogP contribution in [0.4, 0.5) is 25.2 Å². The summed E-state index contributed by atoms with van der Waals surface area (Å²) in [7, 11) is -10.7. The molecular weight excluding hydrogens is 557 g/mol. The third-order valence-electron chi connectivity index (χ3n) is 5.17. The topological polar surface area (TPSA) is 0 Å². The predicted molar refractivity (Wildman–Crippen MR) is 159 cm³/mol. The first kappa shape index (κ1) is 34.9. The first-order valence-corrected chi connectivity index (χ1v) is 16.0. The predicted octanol–water partition coefficient (Wildman–Crippen LogP) is 13.6. The van der Waals surface area contributed by atoms with Gasteiger partial charge in [-0.05, 0) is 43.9 Å². The zero-order valence-electron chi connectivity index (χ0n) is 24.6. The molecule has 0 radical (unpaired) electrons. The molecule has 1 aliphatic heterocycles. The Bertz CT molecular complexity index is 1070. The van der Waals surface area contributed by atoms with E-state index in [-0.39, 0.29) is 21.7 Å². The first-order valence-electron chi connectivity index (χ1n) is 12.4. The second kappa shape index (κ2) is 10.4. The van der Waals surface area contributed by atoms with Crippen LogP contribution in [0.3, 0.4) is 0 Å². The number of hydrogen-bond donors (Lipinski definition) is 0. The number of rotatable bonds is 2. The van der Waals surface area contributed by atoms with E-state index in [4.69, 9.17) is 0 Å². The number of halogens is 6. The number of hydrogen-bond acceptors (Lipinski definition) is 1. The molecule has 1 aliphatic rings. The molecule has 0 atom stereocenters. The van der Waals surface area contributed by atoms with Crippen molar-refractivity contribution in [2.45, 2.75) is 93.9 Å². The zero-order valence-corrected chi connectivity index (χ0v) is 27.1. The molecule has 1 aromatic heterocycles. The maximum absolute atomic E-state index is 10.7. The van der Waals surface area contributed by atoms with E-state index in [9.17, 15) is 25.2 Å². The second-order valence-corrected chi connectivity index (χ2v) is 17.8. The van der Waals surface area contributed by atoms with E-state index in [0.717, 1.165) is 0 Å². The van der Waals surface area contributed by atoms with Crippen molar-refractivity contribution < 1.29 is 25.2 Å². The molecule has 9 heteroatoms. The average molecular weight is 601 g/mol. The molecule has 0 aliphatic carbocycles. The number of thioether (sulfide) groups is 1. The van der Waals surface area contributed by atoms with Crippen LogP contribution < -0.4 is 0 Å². The fourth-order valence-corrected chi connectivity index (χ4v) is 5.46. The molecule has 0 N–H and O–H groups in total. The molecule has 2 rings (SSSR count). The van der Waals surface area contributed by atoms with E-state index < -0.39 is 7.81 Å². The Morgan fingerprint density at radius 3 is 1.26 bits per heavy atom. The minimum absolute atomic E-state index is 0.155. The fraction of sp³-hybridized carbons (Fsp3) is 0.552. The molecular formula is C29H43F6PS2. The monoisotopic (exact) mass is 600 g/mol. The molecule has 0 saturated heterocycles. The van der Waals surface area contributed by atoms with Gasteiger partial charge in [0.05, 0.1) is 0 Å². The van der Waals surface area contributed by atoms with Crippen molar-refractivity contribution in [2.75, 3.05) is 0 Å². The third kappa shape index (κ3) is 14.3. The van der Waals surface area contributed by atoms with Gasteiger partial charge >= 0.3 is 33.0 Å². The summed E-state index contributed by atoms with van der Waals surface area (Å²) >= 11 is 3.89. The normalized spacial score (nSPS) is 17.7. The van der Waals surface area contributed by atoms with Gasteiger partial charge in [0.2, 0.25) is 21.1 Å².